The summed E-state index contributed by atoms with van der Waals surface area (Å²) in [5.41, 5.74) is 4.48. The first kappa shape index (κ1) is 18.2. The van der Waals surface area contributed by atoms with Crippen molar-refractivity contribution in [3.63, 3.8) is 0 Å². The largest absolute Gasteiger partial charge is 0.345 e. The Kier molecular flexibility index (Phi) is 5.11. The maximum absolute atomic E-state index is 12.6. The van der Waals surface area contributed by atoms with Gasteiger partial charge in [-0.1, -0.05) is 0 Å². The summed E-state index contributed by atoms with van der Waals surface area (Å²) in [5, 5.41) is 7.45. The van der Waals surface area contributed by atoms with Crippen LogP contribution in [0.1, 0.15) is 59.5 Å². The van der Waals surface area contributed by atoms with Crippen LogP contribution in [0.25, 0.3) is 0 Å². The molecule has 2 amide bonds. The first-order chi connectivity index (χ1) is 12.4. The average Bonchev–Trinajstić information content (AvgIpc) is 2.87. The van der Waals surface area contributed by atoms with Crippen molar-refractivity contribution in [2.45, 2.75) is 46.1 Å². The van der Waals surface area contributed by atoms with Crippen molar-refractivity contribution < 1.29 is 9.59 Å². The topological polar surface area (TPSA) is 67.2 Å². The highest BCUT2D eigenvalue weighted by atomic mass is 16.2. The first-order valence-corrected chi connectivity index (χ1v) is 9.10. The minimum atomic E-state index is -0.128. The molecule has 1 aromatic carbocycles. The monoisotopic (exact) mass is 354 g/mol. The molecule has 1 aliphatic heterocycles. The summed E-state index contributed by atoms with van der Waals surface area (Å²) in [5.74, 6) is 0.0290. The number of hydrogen-bond donors (Lipinski definition) is 1. The number of amides is 2. The van der Waals surface area contributed by atoms with Crippen LogP contribution in [0.4, 0.5) is 5.69 Å². The van der Waals surface area contributed by atoms with Crippen LogP contribution in [-0.2, 0) is 11.8 Å². The van der Waals surface area contributed by atoms with Gasteiger partial charge in [-0.25, -0.2) is 0 Å². The number of piperidine rings is 1. The third-order valence-electron chi connectivity index (χ3n) is 5.11. The highest BCUT2D eigenvalue weighted by Crippen LogP contribution is 2.23. The summed E-state index contributed by atoms with van der Waals surface area (Å²) >= 11 is 0. The maximum atomic E-state index is 12.6. The molecule has 1 fully saturated rings. The van der Waals surface area contributed by atoms with Gasteiger partial charge in [-0.15, -0.1) is 0 Å². The molecule has 1 aliphatic rings. The molecule has 0 aliphatic carbocycles. The van der Waals surface area contributed by atoms with Gasteiger partial charge in [0.25, 0.3) is 5.91 Å². The van der Waals surface area contributed by atoms with Crippen molar-refractivity contribution in [1.29, 1.82) is 0 Å². The van der Waals surface area contributed by atoms with E-state index < -0.39 is 0 Å². The zero-order valence-corrected chi connectivity index (χ0v) is 15.9. The van der Waals surface area contributed by atoms with Crippen molar-refractivity contribution in [2.24, 2.45) is 7.05 Å². The average molecular weight is 354 g/mol. The molecule has 1 N–H and O–H groups in total. The number of anilines is 1. The molecule has 6 heteroatoms. The number of hydrogen-bond acceptors (Lipinski definition) is 3. The quantitative estimate of drug-likeness (QED) is 0.918. The molecule has 1 atom stereocenters. The zero-order chi connectivity index (χ0) is 18.8. The molecule has 3 rings (SSSR count). The third kappa shape index (κ3) is 3.49. The van der Waals surface area contributed by atoms with Crippen LogP contribution in [0.2, 0.25) is 0 Å². The van der Waals surface area contributed by atoms with E-state index >= 15 is 0 Å². The van der Waals surface area contributed by atoms with Crippen molar-refractivity contribution in [2.75, 3.05) is 11.4 Å². The molecule has 2 heterocycles. The summed E-state index contributed by atoms with van der Waals surface area (Å²) in [4.78, 5) is 26.4. The van der Waals surface area contributed by atoms with Gasteiger partial charge in [-0.3, -0.25) is 14.3 Å². The molecule has 138 valence electrons. The number of rotatable bonds is 4. The van der Waals surface area contributed by atoms with Crippen LogP contribution >= 0.6 is 0 Å². The van der Waals surface area contributed by atoms with E-state index in [2.05, 4.69) is 10.4 Å². The van der Waals surface area contributed by atoms with Gasteiger partial charge in [0.1, 0.15) is 0 Å². The Morgan fingerprint density at radius 3 is 2.46 bits per heavy atom. The van der Waals surface area contributed by atoms with E-state index in [0.29, 0.717) is 12.0 Å². The van der Waals surface area contributed by atoms with Crippen molar-refractivity contribution >= 4 is 17.5 Å². The summed E-state index contributed by atoms with van der Waals surface area (Å²) in [7, 11) is 1.90. The van der Waals surface area contributed by atoms with E-state index in [1.807, 2.05) is 44.6 Å². The minimum Gasteiger partial charge on any atom is -0.345 e. The highest BCUT2D eigenvalue weighted by Gasteiger charge is 2.21. The normalized spacial score (nSPS) is 15.8. The van der Waals surface area contributed by atoms with Gasteiger partial charge >= 0.3 is 0 Å². The molecule has 6 nitrogen and oxygen atoms in total. The van der Waals surface area contributed by atoms with Crippen molar-refractivity contribution in [3.05, 3.63) is 46.8 Å². The molecule has 26 heavy (non-hydrogen) atoms. The predicted molar refractivity (Wildman–Crippen MR) is 101 cm³/mol. The van der Waals surface area contributed by atoms with Crippen LogP contribution in [0.15, 0.2) is 24.3 Å². The lowest BCUT2D eigenvalue weighted by atomic mass is 10.1. The Bertz CT molecular complexity index is 823. The Morgan fingerprint density at radius 1 is 1.19 bits per heavy atom. The molecule has 1 unspecified atom stereocenters. The second-order valence-corrected chi connectivity index (χ2v) is 6.95. The Balaban J connectivity index is 1.71. The van der Waals surface area contributed by atoms with Crippen LogP contribution in [0.3, 0.4) is 0 Å². The summed E-state index contributed by atoms with van der Waals surface area (Å²) in [6.45, 7) is 6.68. The standard InChI is InChI=1S/C20H26N4O2/c1-13(19-14(2)22-23(4)15(19)3)21-20(26)16-8-10-17(11-9-16)24-12-6-5-7-18(24)25/h8-11,13H,5-7,12H2,1-4H3,(H,21,26). The number of nitrogens with one attached hydrogen (secondary N) is 1. The first-order valence-electron chi connectivity index (χ1n) is 9.10. The number of carbonyl (C=O) groups excluding carboxylic acids is 2. The van der Waals surface area contributed by atoms with Crippen LogP contribution in [-0.4, -0.2) is 28.1 Å². The second-order valence-electron chi connectivity index (χ2n) is 6.95. The molecule has 0 spiro atoms. The Labute approximate surface area is 154 Å². The molecule has 0 radical (unpaired) electrons. The number of benzene rings is 1. The van der Waals surface area contributed by atoms with Gasteiger partial charge in [-0.05, 0) is 57.9 Å². The molecule has 0 saturated carbocycles. The number of carbonyl (C=O) groups is 2. The number of aryl methyl sites for hydroxylation is 2. The summed E-state index contributed by atoms with van der Waals surface area (Å²) in [6.07, 6.45) is 2.58. The van der Waals surface area contributed by atoms with Gasteiger partial charge in [-0.2, -0.15) is 5.10 Å². The zero-order valence-electron chi connectivity index (χ0n) is 15.9. The lowest BCUT2D eigenvalue weighted by Crippen LogP contribution is -2.35. The third-order valence-corrected chi connectivity index (χ3v) is 5.11. The summed E-state index contributed by atoms with van der Waals surface area (Å²) in [6, 6.07) is 7.14. The fourth-order valence-corrected chi connectivity index (χ4v) is 3.64. The molecular formula is C20H26N4O2. The van der Waals surface area contributed by atoms with E-state index in [0.717, 1.165) is 42.0 Å². The highest BCUT2D eigenvalue weighted by molar-refractivity contribution is 5.97. The fraction of sp³-hybridized carbons (Fsp3) is 0.450. The molecule has 1 saturated heterocycles. The van der Waals surface area contributed by atoms with Crippen molar-refractivity contribution in [1.82, 2.24) is 15.1 Å². The minimum absolute atomic E-state index is 0.125. The van der Waals surface area contributed by atoms with Crippen LogP contribution in [0, 0.1) is 13.8 Å². The van der Waals surface area contributed by atoms with Gasteiger partial charge in [0.2, 0.25) is 5.91 Å². The van der Waals surface area contributed by atoms with E-state index in [9.17, 15) is 9.59 Å². The predicted octanol–water partition coefficient (Wildman–Crippen LogP) is 3.04. The molecular weight excluding hydrogens is 328 g/mol. The van der Waals surface area contributed by atoms with Gasteiger partial charge in [0.15, 0.2) is 0 Å². The fourth-order valence-electron chi connectivity index (χ4n) is 3.64. The van der Waals surface area contributed by atoms with E-state index in [1.165, 1.54) is 0 Å². The Hall–Kier alpha value is -2.63. The van der Waals surface area contributed by atoms with E-state index in [1.54, 1.807) is 17.0 Å². The van der Waals surface area contributed by atoms with Gasteiger partial charge < -0.3 is 10.2 Å². The number of nitrogens with zero attached hydrogens (tertiary/aromatic N) is 3. The van der Waals surface area contributed by atoms with Crippen molar-refractivity contribution in [3.8, 4) is 0 Å². The molecule has 0 bridgehead atoms. The maximum Gasteiger partial charge on any atom is 0.251 e. The SMILES string of the molecule is Cc1nn(C)c(C)c1C(C)NC(=O)c1ccc(N2CCCCC2=O)cc1. The van der Waals surface area contributed by atoms with E-state index in [4.69, 9.17) is 0 Å². The molecule has 1 aromatic heterocycles. The van der Waals surface area contributed by atoms with Crippen LogP contribution < -0.4 is 10.2 Å². The van der Waals surface area contributed by atoms with Crippen LogP contribution in [0.5, 0.6) is 0 Å². The summed E-state index contributed by atoms with van der Waals surface area (Å²) < 4.78 is 1.83. The lowest BCUT2D eigenvalue weighted by Gasteiger charge is -2.26. The smallest absolute Gasteiger partial charge is 0.251 e. The second kappa shape index (κ2) is 7.32. The van der Waals surface area contributed by atoms with Gasteiger partial charge in [0, 0.05) is 42.5 Å². The van der Waals surface area contributed by atoms with Gasteiger partial charge in [0.05, 0.1) is 11.7 Å². The lowest BCUT2D eigenvalue weighted by molar-refractivity contribution is -0.119. The number of aromatic nitrogens is 2. The van der Waals surface area contributed by atoms with E-state index in [-0.39, 0.29) is 17.9 Å². The Morgan fingerprint density at radius 2 is 1.88 bits per heavy atom. The molecule has 2 aromatic rings.